The smallest absolute Gasteiger partial charge is 0.239 e. The Labute approximate surface area is 92.2 Å². The zero-order valence-electron chi connectivity index (χ0n) is 10.2. The van der Waals surface area contributed by atoms with Gasteiger partial charge in [-0.25, -0.2) is 0 Å². The van der Waals surface area contributed by atoms with Gasteiger partial charge >= 0.3 is 0 Å². The predicted molar refractivity (Wildman–Crippen MR) is 59.8 cm³/mol. The topological polar surface area (TPSA) is 32.8 Å². The zero-order valence-corrected chi connectivity index (χ0v) is 10.2. The van der Waals surface area contributed by atoms with Gasteiger partial charge < -0.3 is 9.64 Å². The first-order chi connectivity index (χ1) is 7.04. The lowest BCUT2D eigenvalue weighted by molar-refractivity contribution is -0.135. The quantitative estimate of drug-likeness (QED) is 0.674. The number of carbonyl (C=O) groups is 1. The van der Waals surface area contributed by atoms with Gasteiger partial charge in [-0.15, -0.1) is 0 Å². The van der Waals surface area contributed by atoms with E-state index in [4.69, 9.17) is 4.74 Å². The van der Waals surface area contributed by atoms with Crippen LogP contribution in [0.15, 0.2) is 0 Å². The zero-order chi connectivity index (χ0) is 11.4. The van der Waals surface area contributed by atoms with Crippen LogP contribution >= 0.6 is 0 Å². The highest BCUT2D eigenvalue weighted by Crippen LogP contribution is 2.14. The van der Waals surface area contributed by atoms with Crippen LogP contribution in [0, 0.1) is 0 Å². The number of ether oxygens (including phenoxy) is 1. The molecule has 4 nitrogen and oxygen atoms in total. The Morgan fingerprint density at radius 1 is 1.40 bits per heavy atom. The first-order valence-corrected chi connectivity index (χ1v) is 5.58. The van der Waals surface area contributed by atoms with Crippen LogP contribution in [0.5, 0.6) is 0 Å². The molecule has 1 saturated heterocycles. The predicted octanol–water partition coefficient (Wildman–Crippen LogP) is 0.574. The molecule has 1 heterocycles. The van der Waals surface area contributed by atoms with Crippen molar-refractivity contribution in [3.8, 4) is 0 Å². The summed E-state index contributed by atoms with van der Waals surface area (Å²) in [7, 11) is 3.62. The van der Waals surface area contributed by atoms with Crippen molar-refractivity contribution in [2.45, 2.75) is 32.4 Å². The van der Waals surface area contributed by atoms with Crippen molar-refractivity contribution in [3.05, 3.63) is 0 Å². The van der Waals surface area contributed by atoms with Gasteiger partial charge in [0.2, 0.25) is 5.91 Å². The molecule has 0 aliphatic carbocycles. The van der Waals surface area contributed by atoms with Gasteiger partial charge in [-0.05, 0) is 20.3 Å². The van der Waals surface area contributed by atoms with Crippen LogP contribution in [0.25, 0.3) is 0 Å². The molecule has 0 aromatic carbocycles. The minimum atomic E-state index is -0.0116. The molecule has 15 heavy (non-hydrogen) atoms. The Morgan fingerprint density at radius 2 is 2.07 bits per heavy atom. The van der Waals surface area contributed by atoms with Crippen molar-refractivity contribution in [2.24, 2.45) is 0 Å². The highest BCUT2D eigenvalue weighted by atomic mass is 16.5. The molecular formula is C11H22N2O2. The van der Waals surface area contributed by atoms with E-state index in [2.05, 4.69) is 18.7 Å². The molecule has 4 heteroatoms. The van der Waals surface area contributed by atoms with Crippen molar-refractivity contribution >= 4 is 5.91 Å². The maximum atomic E-state index is 12.0. The van der Waals surface area contributed by atoms with Gasteiger partial charge in [0.1, 0.15) is 0 Å². The molecule has 1 aliphatic rings. The monoisotopic (exact) mass is 214 g/mol. The van der Waals surface area contributed by atoms with E-state index in [0.29, 0.717) is 12.6 Å². The highest BCUT2D eigenvalue weighted by Gasteiger charge is 2.30. The number of hydrogen-bond donors (Lipinski definition) is 0. The van der Waals surface area contributed by atoms with Gasteiger partial charge in [0.15, 0.2) is 0 Å². The van der Waals surface area contributed by atoms with Gasteiger partial charge in [0.25, 0.3) is 0 Å². The van der Waals surface area contributed by atoms with Gasteiger partial charge in [0, 0.05) is 33.3 Å². The van der Waals surface area contributed by atoms with Gasteiger partial charge in [0.05, 0.1) is 12.6 Å². The number of likely N-dealkylation sites (N-methyl/N-ethyl adjacent to an activating group) is 1. The van der Waals surface area contributed by atoms with E-state index in [1.807, 2.05) is 14.1 Å². The molecule has 1 unspecified atom stereocenters. The fourth-order valence-electron chi connectivity index (χ4n) is 1.97. The van der Waals surface area contributed by atoms with Crippen LogP contribution in [0.1, 0.15) is 20.3 Å². The Morgan fingerprint density at radius 3 is 2.60 bits per heavy atom. The summed E-state index contributed by atoms with van der Waals surface area (Å²) in [6, 6.07) is 0.378. The van der Waals surface area contributed by atoms with Crippen LogP contribution in [0.2, 0.25) is 0 Å². The molecule has 1 aliphatic heterocycles. The Kier molecular flexibility index (Phi) is 4.54. The second-order valence-corrected chi connectivity index (χ2v) is 4.48. The molecule has 0 bridgehead atoms. The summed E-state index contributed by atoms with van der Waals surface area (Å²) in [6.07, 6.45) is 0.801. The van der Waals surface area contributed by atoms with Crippen molar-refractivity contribution in [2.75, 3.05) is 33.9 Å². The second-order valence-electron chi connectivity index (χ2n) is 4.48. The maximum Gasteiger partial charge on any atom is 0.239 e. The highest BCUT2D eigenvalue weighted by molar-refractivity contribution is 5.81. The minimum absolute atomic E-state index is 0.0116. The van der Waals surface area contributed by atoms with Crippen molar-refractivity contribution < 1.29 is 9.53 Å². The van der Waals surface area contributed by atoms with E-state index in [0.717, 1.165) is 19.6 Å². The fraction of sp³-hybridized carbons (Fsp3) is 0.909. The molecule has 1 rings (SSSR count). The third-order valence-corrected chi connectivity index (χ3v) is 2.82. The molecule has 0 saturated carbocycles. The summed E-state index contributed by atoms with van der Waals surface area (Å²) in [6.45, 7) is 6.52. The summed E-state index contributed by atoms with van der Waals surface area (Å²) >= 11 is 0. The number of carbonyl (C=O) groups excluding carboxylic acids is 1. The van der Waals surface area contributed by atoms with E-state index in [1.54, 1.807) is 4.90 Å². The number of nitrogens with zero attached hydrogens (tertiary/aromatic N) is 2. The summed E-state index contributed by atoms with van der Waals surface area (Å²) in [5, 5.41) is 0. The van der Waals surface area contributed by atoms with Gasteiger partial charge in [-0.2, -0.15) is 0 Å². The van der Waals surface area contributed by atoms with Crippen molar-refractivity contribution in [3.63, 3.8) is 0 Å². The molecule has 0 aromatic rings. The summed E-state index contributed by atoms with van der Waals surface area (Å²) in [5.41, 5.74) is 0. The third kappa shape index (κ3) is 3.18. The Bertz CT molecular complexity index is 217. The molecule has 1 amide bonds. The van der Waals surface area contributed by atoms with Crippen LogP contribution in [0.4, 0.5) is 0 Å². The average molecular weight is 214 g/mol. The molecule has 1 fully saturated rings. The molecule has 1 atom stereocenters. The lowest BCUT2D eigenvalue weighted by Crippen LogP contribution is -2.49. The molecule has 0 spiro atoms. The summed E-state index contributed by atoms with van der Waals surface area (Å²) in [4.78, 5) is 15.9. The summed E-state index contributed by atoms with van der Waals surface area (Å²) < 4.78 is 5.42. The van der Waals surface area contributed by atoms with Crippen molar-refractivity contribution in [1.82, 2.24) is 9.80 Å². The number of amides is 1. The summed E-state index contributed by atoms with van der Waals surface area (Å²) in [5.74, 6) is 0.189. The average Bonchev–Trinajstić information content (AvgIpc) is 2.40. The van der Waals surface area contributed by atoms with Gasteiger partial charge in [-0.3, -0.25) is 9.69 Å². The van der Waals surface area contributed by atoms with E-state index < -0.39 is 0 Å². The van der Waals surface area contributed by atoms with E-state index in [1.165, 1.54) is 0 Å². The lowest BCUT2D eigenvalue weighted by atomic mass is 10.1. The number of hydrogen-bond acceptors (Lipinski definition) is 3. The fourth-order valence-corrected chi connectivity index (χ4v) is 1.97. The standard InChI is InChI=1S/C11H22N2O2/c1-9(2)13-6-8-15-7-5-10(13)11(14)12(3)4/h9-10H,5-8H2,1-4H3. The van der Waals surface area contributed by atoms with Crippen LogP contribution in [-0.4, -0.2) is 61.6 Å². The molecule has 0 radical (unpaired) electrons. The van der Waals surface area contributed by atoms with E-state index in [9.17, 15) is 4.79 Å². The largest absolute Gasteiger partial charge is 0.380 e. The minimum Gasteiger partial charge on any atom is -0.380 e. The van der Waals surface area contributed by atoms with Crippen LogP contribution in [0.3, 0.4) is 0 Å². The van der Waals surface area contributed by atoms with E-state index in [-0.39, 0.29) is 11.9 Å². The molecule has 88 valence electrons. The normalized spacial score (nSPS) is 23.9. The first-order valence-electron chi connectivity index (χ1n) is 5.58. The van der Waals surface area contributed by atoms with Crippen molar-refractivity contribution in [1.29, 1.82) is 0 Å². The lowest BCUT2D eigenvalue weighted by Gasteiger charge is -2.33. The maximum absolute atomic E-state index is 12.0. The Hall–Kier alpha value is -0.610. The third-order valence-electron chi connectivity index (χ3n) is 2.82. The number of rotatable bonds is 2. The molecule has 0 aromatic heterocycles. The van der Waals surface area contributed by atoms with E-state index >= 15 is 0 Å². The molecule has 0 N–H and O–H groups in total. The SMILES string of the molecule is CC(C)N1CCOCCC1C(=O)N(C)C. The Balaban J connectivity index is 2.74. The van der Waals surface area contributed by atoms with Crippen LogP contribution < -0.4 is 0 Å². The van der Waals surface area contributed by atoms with Gasteiger partial charge in [-0.1, -0.05) is 0 Å². The first kappa shape index (κ1) is 12.5. The second kappa shape index (κ2) is 5.47. The molecular weight excluding hydrogens is 192 g/mol. The van der Waals surface area contributed by atoms with Crippen LogP contribution in [-0.2, 0) is 9.53 Å².